The summed E-state index contributed by atoms with van der Waals surface area (Å²) in [7, 11) is -0.852. The third kappa shape index (κ3) is 3.47. The molecule has 0 aliphatic heterocycles. The summed E-state index contributed by atoms with van der Waals surface area (Å²) in [5.74, 6) is 0.840. The van der Waals surface area contributed by atoms with E-state index in [0.29, 0.717) is 24.7 Å². The first kappa shape index (κ1) is 11.9. The summed E-state index contributed by atoms with van der Waals surface area (Å²) in [6.45, 7) is 3.01. The highest BCUT2D eigenvalue weighted by Gasteiger charge is 2.02. The Hall–Kier alpha value is -1.17. The lowest BCUT2D eigenvalue weighted by Gasteiger charge is -2.06. The van der Waals surface area contributed by atoms with E-state index in [4.69, 9.17) is 0 Å². The number of nitrogens with zero attached hydrogens (tertiary/aromatic N) is 2. The number of aryl methyl sites for hydroxylation is 1. The van der Waals surface area contributed by atoms with Gasteiger partial charge in [-0.25, -0.2) is 4.98 Å². The molecular weight excluding hydrogens is 214 g/mol. The van der Waals surface area contributed by atoms with Crippen molar-refractivity contribution in [3.8, 4) is 0 Å². The molecule has 1 rings (SSSR count). The molecule has 1 atom stereocenters. The summed E-state index contributed by atoms with van der Waals surface area (Å²) < 4.78 is 12.4. The molecule has 1 heterocycles. The van der Waals surface area contributed by atoms with E-state index in [0.717, 1.165) is 0 Å². The Balaban J connectivity index is 2.69. The Morgan fingerprint density at radius 2 is 2.33 bits per heavy atom. The second-order valence-corrected chi connectivity index (χ2v) is 4.63. The molecule has 0 amide bonds. The van der Waals surface area contributed by atoms with Crippen molar-refractivity contribution in [2.75, 3.05) is 23.9 Å². The molecule has 0 aromatic carbocycles. The standard InChI is InChI=1S/C9H15N3O2S/c1-3-12-6-4-10-8(9(12)13)11-5-7-15(2)14/h4,6H,3,5,7H2,1-2H3,(H,10,11). The largest absolute Gasteiger partial charge is 0.365 e. The van der Waals surface area contributed by atoms with Gasteiger partial charge in [-0.15, -0.1) is 0 Å². The highest BCUT2D eigenvalue weighted by atomic mass is 32.2. The molecule has 0 radical (unpaired) electrons. The fraction of sp³-hybridized carbons (Fsp3) is 0.556. The van der Waals surface area contributed by atoms with Crippen LogP contribution in [0.4, 0.5) is 5.82 Å². The zero-order chi connectivity index (χ0) is 11.3. The molecule has 84 valence electrons. The predicted octanol–water partition coefficient (Wildman–Crippen LogP) is 0.0536. The van der Waals surface area contributed by atoms with Gasteiger partial charge in [0.2, 0.25) is 0 Å². The third-order valence-electron chi connectivity index (χ3n) is 1.94. The molecule has 1 N–H and O–H groups in total. The molecule has 15 heavy (non-hydrogen) atoms. The van der Waals surface area contributed by atoms with E-state index in [9.17, 15) is 9.00 Å². The topological polar surface area (TPSA) is 64.0 Å². The van der Waals surface area contributed by atoms with Crippen LogP contribution in [0.3, 0.4) is 0 Å². The molecule has 6 heteroatoms. The van der Waals surface area contributed by atoms with Crippen LogP contribution in [0.2, 0.25) is 0 Å². The number of anilines is 1. The third-order valence-corrected chi connectivity index (χ3v) is 2.72. The van der Waals surface area contributed by atoms with Crippen molar-refractivity contribution in [3.05, 3.63) is 22.7 Å². The maximum atomic E-state index is 11.6. The first-order valence-electron chi connectivity index (χ1n) is 4.74. The Kier molecular flexibility index (Phi) is 4.48. The van der Waals surface area contributed by atoms with Gasteiger partial charge >= 0.3 is 0 Å². The normalized spacial score (nSPS) is 12.4. The van der Waals surface area contributed by atoms with Gasteiger partial charge in [0.25, 0.3) is 5.56 Å². The molecular formula is C9H15N3O2S. The highest BCUT2D eigenvalue weighted by Crippen LogP contribution is 1.92. The van der Waals surface area contributed by atoms with Gasteiger partial charge in [-0.2, -0.15) is 0 Å². The van der Waals surface area contributed by atoms with E-state index in [-0.39, 0.29) is 5.56 Å². The van der Waals surface area contributed by atoms with Crippen molar-refractivity contribution >= 4 is 16.6 Å². The van der Waals surface area contributed by atoms with Crippen LogP contribution in [0, 0.1) is 0 Å². The van der Waals surface area contributed by atoms with Gasteiger partial charge in [0.15, 0.2) is 5.82 Å². The van der Waals surface area contributed by atoms with Crippen LogP contribution in [0.25, 0.3) is 0 Å². The van der Waals surface area contributed by atoms with Crippen molar-refractivity contribution in [3.63, 3.8) is 0 Å². The first-order valence-corrected chi connectivity index (χ1v) is 6.47. The van der Waals surface area contributed by atoms with Crippen molar-refractivity contribution in [2.24, 2.45) is 0 Å². The SMILES string of the molecule is CCn1ccnc(NCCS(C)=O)c1=O. The minimum absolute atomic E-state index is 0.137. The molecule has 5 nitrogen and oxygen atoms in total. The number of hydrogen-bond donors (Lipinski definition) is 1. The molecule has 0 aliphatic carbocycles. The number of hydrogen-bond acceptors (Lipinski definition) is 4. The van der Waals surface area contributed by atoms with Crippen LogP contribution in [-0.2, 0) is 17.3 Å². The second-order valence-electron chi connectivity index (χ2n) is 3.07. The Morgan fingerprint density at radius 3 is 2.93 bits per heavy atom. The van der Waals surface area contributed by atoms with Crippen molar-refractivity contribution in [2.45, 2.75) is 13.5 Å². The zero-order valence-corrected chi connectivity index (χ0v) is 9.71. The van der Waals surface area contributed by atoms with E-state index in [1.54, 1.807) is 23.2 Å². The average Bonchev–Trinajstić information content (AvgIpc) is 2.20. The zero-order valence-electron chi connectivity index (χ0n) is 8.90. The summed E-state index contributed by atoms with van der Waals surface area (Å²) in [5.41, 5.74) is -0.137. The smallest absolute Gasteiger partial charge is 0.293 e. The van der Waals surface area contributed by atoms with Crippen molar-refractivity contribution in [1.29, 1.82) is 0 Å². The average molecular weight is 229 g/mol. The quantitative estimate of drug-likeness (QED) is 0.775. The first-order chi connectivity index (χ1) is 7.15. The van der Waals surface area contributed by atoms with Crippen molar-refractivity contribution in [1.82, 2.24) is 9.55 Å². The van der Waals surface area contributed by atoms with Crippen molar-refractivity contribution < 1.29 is 4.21 Å². The summed E-state index contributed by atoms with van der Waals surface area (Å²) in [5, 5.41) is 2.88. The lowest BCUT2D eigenvalue weighted by Crippen LogP contribution is -2.25. The van der Waals surface area contributed by atoms with Gasteiger partial charge in [-0.05, 0) is 6.92 Å². The number of nitrogens with one attached hydrogen (secondary N) is 1. The fourth-order valence-electron chi connectivity index (χ4n) is 1.13. The van der Waals surface area contributed by atoms with E-state index >= 15 is 0 Å². The van der Waals surface area contributed by atoms with E-state index in [2.05, 4.69) is 10.3 Å². The minimum Gasteiger partial charge on any atom is -0.365 e. The maximum absolute atomic E-state index is 11.6. The van der Waals surface area contributed by atoms with Gasteiger partial charge in [-0.3, -0.25) is 9.00 Å². The minimum atomic E-state index is -0.852. The summed E-state index contributed by atoms with van der Waals surface area (Å²) in [4.78, 5) is 15.6. The van der Waals surface area contributed by atoms with E-state index in [1.807, 2.05) is 6.92 Å². The van der Waals surface area contributed by atoms with E-state index < -0.39 is 10.8 Å². The predicted molar refractivity (Wildman–Crippen MR) is 61.6 cm³/mol. The molecule has 1 aromatic rings. The summed E-state index contributed by atoms with van der Waals surface area (Å²) in [6.07, 6.45) is 4.85. The lowest BCUT2D eigenvalue weighted by molar-refractivity contribution is 0.686. The Bertz CT molecular complexity index is 403. The van der Waals surface area contributed by atoms with Gasteiger partial charge < -0.3 is 9.88 Å². The molecule has 0 saturated heterocycles. The Labute approximate surface area is 91.0 Å². The number of aromatic nitrogens is 2. The van der Waals surface area contributed by atoms with Gasteiger partial charge in [0.05, 0.1) is 0 Å². The van der Waals surface area contributed by atoms with Crippen LogP contribution in [0.1, 0.15) is 6.92 Å². The van der Waals surface area contributed by atoms with Crippen LogP contribution < -0.4 is 10.9 Å². The fourth-order valence-corrected chi connectivity index (χ4v) is 1.52. The molecule has 0 spiro atoms. The monoisotopic (exact) mass is 229 g/mol. The van der Waals surface area contributed by atoms with Gasteiger partial charge in [-0.1, -0.05) is 0 Å². The second kappa shape index (κ2) is 5.65. The molecule has 1 aromatic heterocycles. The molecule has 0 fully saturated rings. The van der Waals surface area contributed by atoms with Gasteiger partial charge in [0.1, 0.15) is 0 Å². The maximum Gasteiger partial charge on any atom is 0.293 e. The molecule has 0 bridgehead atoms. The van der Waals surface area contributed by atoms with Gasteiger partial charge in [0, 0.05) is 48.3 Å². The lowest BCUT2D eigenvalue weighted by atomic mass is 10.5. The molecule has 1 unspecified atom stereocenters. The van der Waals surface area contributed by atoms with E-state index in [1.165, 1.54) is 0 Å². The number of rotatable bonds is 5. The summed E-state index contributed by atoms with van der Waals surface area (Å²) in [6, 6.07) is 0. The van der Waals surface area contributed by atoms with Crippen LogP contribution >= 0.6 is 0 Å². The molecule has 0 saturated carbocycles. The summed E-state index contributed by atoms with van der Waals surface area (Å²) >= 11 is 0. The van der Waals surface area contributed by atoms with Crippen LogP contribution in [0.5, 0.6) is 0 Å². The van der Waals surface area contributed by atoms with Crippen LogP contribution in [-0.4, -0.2) is 32.3 Å². The Morgan fingerprint density at radius 1 is 1.60 bits per heavy atom. The molecule has 0 aliphatic rings. The highest BCUT2D eigenvalue weighted by molar-refractivity contribution is 7.84. The van der Waals surface area contributed by atoms with Crippen LogP contribution in [0.15, 0.2) is 17.2 Å².